The lowest BCUT2D eigenvalue weighted by Gasteiger charge is -2.23. The number of nitro benzene ring substituents is 1. The predicted octanol–water partition coefficient (Wildman–Crippen LogP) is 5.20. The van der Waals surface area contributed by atoms with Gasteiger partial charge in [-0.05, 0) is 54.7 Å². The maximum atomic E-state index is 12.5. The molecular formula is C23H19N3O4S. The lowest BCUT2D eigenvalue weighted by atomic mass is 10.2. The Hall–Kier alpha value is -4.04. The number of ether oxygens (including phenoxy) is 1. The highest BCUT2D eigenvalue weighted by molar-refractivity contribution is 7.80. The van der Waals surface area contributed by atoms with Gasteiger partial charge in [-0.25, -0.2) is 0 Å². The van der Waals surface area contributed by atoms with Crippen LogP contribution in [0.3, 0.4) is 0 Å². The van der Waals surface area contributed by atoms with Gasteiger partial charge in [-0.3, -0.25) is 19.8 Å². The highest BCUT2D eigenvalue weighted by Gasteiger charge is 2.16. The lowest BCUT2D eigenvalue weighted by molar-refractivity contribution is -0.383. The van der Waals surface area contributed by atoms with Crippen molar-refractivity contribution in [2.24, 2.45) is 0 Å². The number of hydrogen-bond acceptors (Lipinski definition) is 5. The summed E-state index contributed by atoms with van der Waals surface area (Å²) in [4.78, 5) is 24.8. The van der Waals surface area contributed by atoms with Gasteiger partial charge in [0.15, 0.2) is 0 Å². The van der Waals surface area contributed by atoms with Gasteiger partial charge < -0.3 is 10.1 Å². The van der Waals surface area contributed by atoms with Gasteiger partial charge in [0.2, 0.25) is 0 Å². The number of nitro groups is 1. The molecule has 8 heteroatoms. The number of benzene rings is 3. The van der Waals surface area contributed by atoms with Crippen LogP contribution in [-0.2, 0) is 0 Å². The molecule has 1 N–H and O–H groups in total. The molecule has 0 saturated carbocycles. The van der Waals surface area contributed by atoms with Gasteiger partial charge in [0.05, 0.1) is 4.92 Å². The van der Waals surface area contributed by atoms with Crippen LogP contribution in [0.1, 0.15) is 10.4 Å². The molecule has 0 aromatic heterocycles. The van der Waals surface area contributed by atoms with E-state index in [-0.39, 0.29) is 16.5 Å². The van der Waals surface area contributed by atoms with Crippen LogP contribution in [0.15, 0.2) is 91.5 Å². The standard InChI is InChI=1S/C23H19N3O4S/c1-2-16-25(18-8-4-3-5-9-18)23(31)30-19-14-12-17(13-15-19)22(27)24-20-10-6-7-11-21(20)26(28)29/h2-15H,1,16H2,(H,24,27). The number of nitrogens with one attached hydrogen (secondary N) is 1. The molecule has 0 atom stereocenters. The van der Waals surface area contributed by atoms with E-state index in [0.717, 1.165) is 5.69 Å². The van der Waals surface area contributed by atoms with Gasteiger partial charge in [-0.2, -0.15) is 0 Å². The van der Waals surface area contributed by atoms with Gasteiger partial charge in [-0.1, -0.05) is 36.4 Å². The maximum Gasteiger partial charge on any atom is 0.292 e. The Morgan fingerprint density at radius 1 is 1.06 bits per heavy atom. The summed E-state index contributed by atoms with van der Waals surface area (Å²) in [6.07, 6.45) is 1.72. The van der Waals surface area contributed by atoms with Crippen LogP contribution in [0, 0.1) is 10.1 Å². The fraction of sp³-hybridized carbons (Fsp3) is 0.0435. The molecule has 0 radical (unpaired) electrons. The molecule has 3 rings (SSSR count). The first-order valence-electron chi connectivity index (χ1n) is 9.29. The van der Waals surface area contributed by atoms with Crippen molar-refractivity contribution in [3.8, 4) is 5.75 Å². The van der Waals surface area contributed by atoms with Crippen molar-refractivity contribution in [2.75, 3.05) is 16.8 Å². The van der Waals surface area contributed by atoms with Gasteiger partial charge in [0.25, 0.3) is 16.8 Å². The number of anilines is 2. The Bertz CT molecular complexity index is 1100. The van der Waals surface area contributed by atoms with Gasteiger partial charge in [0.1, 0.15) is 11.4 Å². The first-order chi connectivity index (χ1) is 15.0. The Kier molecular flexibility index (Phi) is 7.08. The fourth-order valence-electron chi connectivity index (χ4n) is 2.79. The number of nitrogens with zero attached hydrogens (tertiary/aromatic N) is 2. The van der Waals surface area contributed by atoms with Crippen molar-refractivity contribution in [2.45, 2.75) is 0 Å². The van der Waals surface area contributed by atoms with Gasteiger partial charge >= 0.3 is 0 Å². The van der Waals surface area contributed by atoms with E-state index in [0.29, 0.717) is 17.9 Å². The summed E-state index contributed by atoms with van der Waals surface area (Å²) in [6.45, 7) is 4.23. The highest BCUT2D eigenvalue weighted by atomic mass is 32.1. The van der Waals surface area contributed by atoms with Crippen LogP contribution >= 0.6 is 12.2 Å². The second-order valence-electron chi connectivity index (χ2n) is 6.36. The first kappa shape index (κ1) is 21.7. The Morgan fingerprint density at radius 2 is 1.71 bits per heavy atom. The molecule has 1 amide bonds. The van der Waals surface area contributed by atoms with E-state index >= 15 is 0 Å². The second-order valence-corrected chi connectivity index (χ2v) is 6.70. The average molecular weight is 433 g/mol. The molecule has 0 unspecified atom stereocenters. The summed E-state index contributed by atoms with van der Waals surface area (Å²) in [6, 6.07) is 21.8. The number of thiocarbonyl (C=S) groups is 1. The molecule has 0 aliphatic heterocycles. The molecule has 0 fully saturated rings. The summed E-state index contributed by atoms with van der Waals surface area (Å²) in [5, 5.41) is 13.9. The van der Waals surface area contributed by atoms with Gasteiger partial charge in [0, 0.05) is 23.9 Å². The van der Waals surface area contributed by atoms with Crippen molar-refractivity contribution in [1.82, 2.24) is 0 Å². The maximum absolute atomic E-state index is 12.5. The summed E-state index contributed by atoms with van der Waals surface area (Å²) >= 11 is 5.43. The van der Waals surface area contributed by atoms with E-state index < -0.39 is 10.8 Å². The van der Waals surface area contributed by atoms with Crippen molar-refractivity contribution in [1.29, 1.82) is 0 Å². The third-order valence-corrected chi connectivity index (χ3v) is 4.57. The Labute approximate surface area is 184 Å². The third-order valence-electron chi connectivity index (χ3n) is 4.27. The van der Waals surface area contributed by atoms with E-state index in [4.69, 9.17) is 17.0 Å². The number of amides is 1. The van der Waals surface area contributed by atoms with Crippen molar-refractivity contribution in [3.05, 3.63) is 107 Å². The number of carbonyl (C=O) groups is 1. The van der Waals surface area contributed by atoms with E-state index in [1.165, 1.54) is 18.2 Å². The molecule has 0 heterocycles. The summed E-state index contributed by atoms with van der Waals surface area (Å²) in [5.74, 6) is -0.0155. The van der Waals surface area contributed by atoms with Crippen molar-refractivity contribution >= 4 is 40.4 Å². The molecule has 0 aliphatic rings. The Balaban J connectivity index is 1.70. The number of rotatable bonds is 7. The molecule has 3 aromatic rings. The molecule has 3 aromatic carbocycles. The van der Waals surface area contributed by atoms with Crippen LogP contribution in [0.5, 0.6) is 5.75 Å². The molecular weight excluding hydrogens is 414 g/mol. The molecule has 7 nitrogen and oxygen atoms in total. The Morgan fingerprint density at radius 3 is 2.35 bits per heavy atom. The quantitative estimate of drug-likeness (QED) is 0.238. The number of carbonyl (C=O) groups excluding carboxylic acids is 1. The van der Waals surface area contributed by atoms with Gasteiger partial charge in [-0.15, -0.1) is 6.58 Å². The monoisotopic (exact) mass is 433 g/mol. The van der Waals surface area contributed by atoms with Crippen molar-refractivity contribution in [3.63, 3.8) is 0 Å². The molecule has 0 aliphatic carbocycles. The number of hydrogen-bond donors (Lipinski definition) is 1. The summed E-state index contributed by atoms with van der Waals surface area (Å²) in [5.41, 5.74) is 1.14. The zero-order chi connectivity index (χ0) is 22.2. The van der Waals surface area contributed by atoms with E-state index in [1.807, 2.05) is 30.3 Å². The molecule has 0 spiro atoms. The van der Waals surface area contributed by atoms with Crippen LogP contribution in [0.25, 0.3) is 0 Å². The van der Waals surface area contributed by atoms with Crippen LogP contribution in [-0.4, -0.2) is 22.5 Å². The SMILES string of the molecule is C=CCN(C(=S)Oc1ccc(C(=O)Nc2ccccc2[N+](=O)[O-])cc1)c1ccccc1. The zero-order valence-electron chi connectivity index (χ0n) is 16.4. The van der Waals surface area contributed by atoms with Crippen LogP contribution in [0.2, 0.25) is 0 Å². The third kappa shape index (κ3) is 5.52. The minimum Gasteiger partial charge on any atom is -0.432 e. The predicted molar refractivity (Wildman–Crippen MR) is 125 cm³/mol. The summed E-state index contributed by atoms with van der Waals surface area (Å²) in [7, 11) is 0. The van der Waals surface area contributed by atoms with Crippen LogP contribution < -0.4 is 15.0 Å². The van der Waals surface area contributed by atoms with E-state index in [1.54, 1.807) is 41.3 Å². The molecule has 31 heavy (non-hydrogen) atoms. The first-order valence-corrected chi connectivity index (χ1v) is 9.70. The smallest absolute Gasteiger partial charge is 0.292 e. The van der Waals surface area contributed by atoms with E-state index in [9.17, 15) is 14.9 Å². The summed E-state index contributed by atoms with van der Waals surface area (Å²) < 4.78 is 5.78. The second kappa shape index (κ2) is 10.1. The highest BCUT2D eigenvalue weighted by Crippen LogP contribution is 2.24. The van der Waals surface area contributed by atoms with E-state index in [2.05, 4.69) is 11.9 Å². The minimum atomic E-state index is -0.546. The largest absolute Gasteiger partial charge is 0.432 e. The fourth-order valence-corrected chi connectivity index (χ4v) is 3.06. The molecule has 156 valence electrons. The molecule has 0 bridgehead atoms. The van der Waals surface area contributed by atoms with Crippen molar-refractivity contribution < 1.29 is 14.5 Å². The minimum absolute atomic E-state index is 0.127. The normalized spacial score (nSPS) is 10.1. The lowest BCUT2D eigenvalue weighted by Crippen LogP contribution is -2.33. The average Bonchev–Trinajstić information content (AvgIpc) is 2.78. The topological polar surface area (TPSA) is 84.7 Å². The zero-order valence-corrected chi connectivity index (χ0v) is 17.2. The number of para-hydroxylation sites is 3. The van der Waals surface area contributed by atoms with Crippen LogP contribution in [0.4, 0.5) is 17.1 Å². The molecule has 0 saturated heterocycles.